The van der Waals surface area contributed by atoms with Crippen molar-refractivity contribution in [2.75, 3.05) is 6.61 Å². The van der Waals surface area contributed by atoms with Gasteiger partial charge in [0.15, 0.2) is 6.61 Å². The van der Waals surface area contributed by atoms with Gasteiger partial charge in [0.1, 0.15) is 11.5 Å². The van der Waals surface area contributed by atoms with E-state index in [0.717, 1.165) is 0 Å². The fourth-order valence-corrected chi connectivity index (χ4v) is 2.17. The van der Waals surface area contributed by atoms with Crippen molar-refractivity contribution in [1.82, 2.24) is 0 Å². The van der Waals surface area contributed by atoms with E-state index in [1.54, 1.807) is 0 Å². The van der Waals surface area contributed by atoms with E-state index >= 15 is 0 Å². The largest absolute Gasteiger partial charge is 0.482 e. The maximum absolute atomic E-state index is 11.8. The molecular formula is C20H24O3. The number of hydrogen-bond acceptors (Lipinski definition) is 3. The summed E-state index contributed by atoms with van der Waals surface area (Å²) in [5.74, 6) is 1.73. The van der Waals surface area contributed by atoms with Gasteiger partial charge in [-0.1, -0.05) is 52.0 Å². The van der Waals surface area contributed by atoms with Gasteiger partial charge in [-0.05, 0) is 47.2 Å². The minimum atomic E-state index is -0.407. The standard InChI is InChI=1S/C20H24O3/c1-14(2)16-5-9-18(10-6-16)22-13-20(21)23-19-11-7-17(8-12-19)15(3)4/h5-12,14-15H,13H2,1-4H3. The quantitative estimate of drug-likeness (QED) is 0.561. The summed E-state index contributed by atoms with van der Waals surface area (Å²) in [6.07, 6.45) is 0. The molecule has 0 saturated heterocycles. The van der Waals surface area contributed by atoms with E-state index in [-0.39, 0.29) is 6.61 Å². The van der Waals surface area contributed by atoms with Gasteiger partial charge in [0.25, 0.3) is 0 Å². The van der Waals surface area contributed by atoms with Crippen LogP contribution in [0.25, 0.3) is 0 Å². The first-order valence-corrected chi connectivity index (χ1v) is 7.99. The van der Waals surface area contributed by atoms with Gasteiger partial charge in [-0.15, -0.1) is 0 Å². The predicted molar refractivity (Wildman–Crippen MR) is 92.2 cm³/mol. The van der Waals surface area contributed by atoms with E-state index in [4.69, 9.17) is 9.47 Å². The Bertz CT molecular complexity index is 625. The van der Waals surface area contributed by atoms with Crippen LogP contribution in [0.15, 0.2) is 48.5 Å². The smallest absolute Gasteiger partial charge is 0.349 e. The van der Waals surface area contributed by atoms with E-state index < -0.39 is 5.97 Å². The van der Waals surface area contributed by atoms with Crippen LogP contribution in [0.5, 0.6) is 11.5 Å². The van der Waals surface area contributed by atoms with Crippen molar-refractivity contribution in [2.45, 2.75) is 39.5 Å². The minimum Gasteiger partial charge on any atom is -0.482 e. The molecule has 3 nitrogen and oxygen atoms in total. The predicted octanol–water partition coefficient (Wildman–Crippen LogP) is 4.92. The lowest BCUT2D eigenvalue weighted by Gasteiger charge is -2.10. The fraction of sp³-hybridized carbons (Fsp3) is 0.350. The third kappa shape index (κ3) is 5.13. The van der Waals surface area contributed by atoms with Gasteiger partial charge in [0, 0.05) is 0 Å². The zero-order valence-corrected chi connectivity index (χ0v) is 14.2. The first kappa shape index (κ1) is 17.1. The number of hydrogen-bond donors (Lipinski definition) is 0. The van der Waals surface area contributed by atoms with Gasteiger partial charge < -0.3 is 9.47 Å². The average molecular weight is 312 g/mol. The molecule has 0 atom stereocenters. The molecule has 2 aromatic rings. The first-order chi connectivity index (χ1) is 11.0. The van der Waals surface area contributed by atoms with E-state index in [0.29, 0.717) is 23.3 Å². The normalized spacial score (nSPS) is 10.9. The highest BCUT2D eigenvalue weighted by atomic mass is 16.6. The number of carbonyl (C=O) groups is 1. The molecule has 122 valence electrons. The van der Waals surface area contributed by atoms with Crippen molar-refractivity contribution in [3.8, 4) is 11.5 Å². The lowest BCUT2D eigenvalue weighted by Crippen LogP contribution is -2.17. The Kier molecular flexibility index (Phi) is 5.80. The van der Waals surface area contributed by atoms with Gasteiger partial charge in [-0.2, -0.15) is 0 Å². The Morgan fingerprint density at radius 3 is 1.65 bits per heavy atom. The van der Waals surface area contributed by atoms with Gasteiger partial charge in [0.05, 0.1) is 0 Å². The van der Waals surface area contributed by atoms with Crippen LogP contribution in [-0.2, 0) is 4.79 Å². The Morgan fingerprint density at radius 1 is 0.783 bits per heavy atom. The second-order valence-electron chi connectivity index (χ2n) is 6.21. The molecule has 0 fully saturated rings. The molecule has 0 saturated carbocycles. The summed E-state index contributed by atoms with van der Waals surface area (Å²) >= 11 is 0. The number of ether oxygens (including phenoxy) is 2. The van der Waals surface area contributed by atoms with Crippen LogP contribution in [0.3, 0.4) is 0 Å². The molecule has 0 bridgehead atoms. The summed E-state index contributed by atoms with van der Waals surface area (Å²) in [6, 6.07) is 15.3. The molecule has 2 rings (SSSR count). The van der Waals surface area contributed by atoms with Crippen LogP contribution in [0.4, 0.5) is 0 Å². The van der Waals surface area contributed by atoms with Crippen LogP contribution < -0.4 is 9.47 Å². The maximum atomic E-state index is 11.8. The molecule has 0 spiro atoms. The van der Waals surface area contributed by atoms with Crippen molar-refractivity contribution in [3.05, 3.63) is 59.7 Å². The summed E-state index contributed by atoms with van der Waals surface area (Å²) in [6.45, 7) is 8.42. The van der Waals surface area contributed by atoms with Crippen molar-refractivity contribution in [1.29, 1.82) is 0 Å². The second-order valence-corrected chi connectivity index (χ2v) is 6.21. The number of rotatable bonds is 6. The van der Waals surface area contributed by atoms with Crippen LogP contribution in [0.1, 0.15) is 50.7 Å². The van der Waals surface area contributed by atoms with Gasteiger partial charge in [0.2, 0.25) is 0 Å². The van der Waals surface area contributed by atoms with Crippen molar-refractivity contribution in [2.24, 2.45) is 0 Å². The molecular weight excluding hydrogens is 288 g/mol. The lowest BCUT2D eigenvalue weighted by atomic mass is 10.0. The van der Waals surface area contributed by atoms with Crippen molar-refractivity contribution in [3.63, 3.8) is 0 Å². The van der Waals surface area contributed by atoms with Crippen LogP contribution in [0, 0.1) is 0 Å². The fourth-order valence-electron chi connectivity index (χ4n) is 2.17. The molecule has 0 aromatic heterocycles. The molecule has 0 unspecified atom stereocenters. The first-order valence-electron chi connectivity index (χ1n) is 7.99. The summed E-state index contributed by atoms with van der Waals surface area (Å²) in [7, 11) is 0. The second kappa shape index (κ2) is 7.82. The summed E-state index contributed by atoms with van der Waals surface area (Å²) < 4.78 is 10.7. The molecule has 0 radical (unpaired) electrons. The van der Waals surface area contributed by atoms with E-state index in [1.807, 2.05) is 48.5 Å². The third-order valence-electron chi connectivity index (χ3n) is 3.68. The minimum absolute atomic E-state index is 0.104. The number of carbonyl (C=O) groups excluding carboxylic acids is 1. The van der Waals surface area contributed by atoms with Crippen LogP contribution in [0.2, 0.25) is 0 Å². The molecule has 0 N–H and O–H groups in total. The number of benzene rings is 2. The molecule has 0 aliphatic rings. The molecule has 0 heterocycles. The molecule has 3 heteroatoms. The summed E-state index contributed by atoms with van der Waals surface area (Å²) in [4.78, 5) is 11.8. The highest BCUT2D eigenvalue weighted by Crippen LogP contribution is 2.20. The summed E-state index contributed by atoms with van der Waals surface area (Å²) in [5.41, 5.74) is 2.46. The summed E-state index contributed by atoms with van der Waals surface area (Å²) in [5, 5.41) is 0. The topological polar surface area (TPSA) is 35.5 Å². The molecule has 0 aliphatic carbocycles. The monoisotopic (exact) mass is 312 g/mol. The third-order valence-corrected chi connectivity index (χ3v) is 3.68. The SMILES string of the molecule is CC(C)c1ccc(OCC(=O)Oc2ccc(C(C)C)cc2)cc1. The lowest BCUT2D eigenvalue weighted by molar-refractivity contribution is -0.136. The number of esters is 1. The van der Waals surface area contributed by atoms with Gasteiger partial charge in [-0.3, -0.25) is 0 Å². The van der Waals surface area contributed by atoms with E-state index in [1.165, 1.54) is 11.1 Å². The van der Waals surface area contributed by atoms with Crippen LogP contribution >= 0.6 is 0 Å². The molecule has 0 amide bonds. The van der Waals surface area contributed by atoms with Gasteiger partial charge in [-0.25, -0.2) is 4.79 Å². The van der Waals surface area contributed by atoms with Crippen LogP contribution in [-0.4, -0.2) is 12.6 Å². The Balaban J connectivity index is 1.85. The van der Waals surface area contributed by atoms with E-state index in [2.05, 4.69) is 27.7 Å². The average Bonchev–Trinajstić information content (AvgIpc) is 2.54. The Labute approximate surface area is 138 Å². The molecule has 0 aliphatic heterocycles. The highest BCUT2D eigenvalue weighted by molar-refractivity contribution is 5.74. The highest BCUT2D eigenvalue weighted by Gasteiger charge is 2.07. The van der Waals surface area contributed by atoms with Crippen molar-refractivity contribution < 1.29 is 14.3 Å². The van der Waals surface area contributed by atoms with Gasteiger partial charge >= 0.3 is 5.97 Å². The molecule has 2 aromatic carbocycles. The zero-order valence-electron chi connectivity index (χ0n) is 14.2. The Morgan fingerprint density at radius 2 is 1.22 bits per heavy atom. The Hall–Kier alpha value is -2.29. The zero-order chi connectivity index (χ0) is 16.8. The molecule has 23 heavy (non-hydrogen) atoms. The van der Waals surface area contributed by atoms with Crippen molar-refractivity contribution >= 4 is 5.97 Å². The van der Waals surface area contributed by atoms with E-state index in [9.17, 15) is 4.79 Å². The maximum Gasteiger partial charge on any atom is 0.349 e.